The van der Waals surface area contributed by atoms with Crippen molar-refractivity contribution in [2.45, 2.75) is 0 Å². The zero-order valence-corrected chi connectivity index (χ0v) is 5.84. The van der Waals surface area contributed by atoms with Gasteiger partial charge in [0.1, 0.15) is 5.78 Å². The topological polar surface area (TPSA) is 65.8 Å². The minimum absolute atomic E-state index is 0.0597. The molecule has 0 aromatic carbocycles. The summed E-state index contributed by atoms with van der Waals surface area (Å²) < 4.78 is 0. The van der Waals surface area contributed by atoms with Crippen molar-refractivity contribution < 1.29 is 4.79 Å². The molecule has 0 N–H and O–H groups in total. The summed E-state index contributed by atoms with van der Waals surface area (Å²) in [6, 6.07) is 0. The molecular formula is C7H7N3O. The highest BCUT2D eigenvalue weighted by molar-refractivity contribution is 5.87. The first kappa shape index (κ1) is 7.57. The van der Waals surface area contributed by atoms with Crippen LogP contribution in [0.25, 0.3) is 10.4 Å². The maximum Gasteiger partial charge on any atom is 0.149 e. The van der Waals surface area contributed by atoms with Crippen LogP contribution in [0.4, 0.5) is 0 Å². The molecule has 4 nitrogen and oxygen atoms in total. The second-order valence-electron chi connectivity index (χ2n) is 2.15. The predicted octanol–water partition coefficient (Wildman–Crippen LogP) is 1.61. The summed E-state index contributed by atoms with van der Waals surface area (Å²) in [7, 11) is 0. The van der Waals surface area contributed by atoms with E-state index in [9.17, 15) is 4.79 Å². The first-order valence-electron chi connectivity index (χ1n) is 3.23. The van der Waals surface area contributed by atoms with Crippen LogP contribution in [0.3, 0.4) is 0 Å². The summed E-state index contributed by atoms with van der Waals surface area (Å²) >= 11 is 0. The van der Waals surface area contributed by atoms with Crippen molar-refractivity contribution in [3.8, 4) is 0 Å². The Morgan fingerprint density at radius 3 is 2.73 bits per heavy atom. The SMILES string of the molecule is [N-]=[N+]=NCC(=O)C1C=CC=C1. The van der Waals surface area contributed by atoms with E-state index in [-0.39, 0.29) is 18.2 Å². The van der Waals surface area contributed by atoms with E-state index >= 15 is 0 Å². The summed E-state index contributed by atoms with van der Waals surface area (Å²) in [5, 5.41) is 3.18. The Hall–Kier alpha value is -1.54. The van der Waals surface area contributed by atoms with E-state index in [0.29, 0.717) is 0 Å². The number of nitrogens with zero attached hydrogens (tertiary/aromatic N) is 3. The van der Waals surface area contributed by atoms with Crippen molar-refractivity contribution >= 4 is 5.78 Å². The standard InChI is InChI=1S/C7H7N3O/c8-10-9-5-7(11)6-3-1-2-4-6/h1-4,6H,5H2. The highest BCUT2D eigenvalue weighted by atomic mass is 16.1. The van der Waals surface area contributed by atoms with Gasteiger partial charge >= 0.3 is 0 Å². The van der Waals surface area contributed by atoms with Crippen LogP contribution in [0.5, 0.6) is 0 Å². The summed E-state index contributed by atoms with van der Waals surface area (Å²) in [5.74, 6) is -0.242. The van der Waals surface area contributed by atoms with Crippen LogP contribution >= 0.6 is 0 Å². The number of carbonyl (C=O) groups is 1. The molecule has 0 saturated carbocycles. The number of Topliss-reactive ketones (excluding diaryl/α,β-unsaturated/α-hetero) is 1. The highest BCUT2D eigenvalue weighted by Crippen LogP contribution is 2.09. The summed E-state index contributed by atoms with van der Waals surface area (Å²) in [6.07, 6.45) is 7.15. The number of ketones is 1. The highest BCUT2D eigenvalue weighted by Gasteiger charge is 2.12. The van der Waals surface area contributed by atoms with Gasteiger partial charge in [-0.1, -0.05) is 29.4 Å². The molecular weight excluding hydrogens is 142 g/mol. The van der Waals surface area contributed by atoms with Crippen molar-refractivity contribution in [2.75, 3.05) is 6.54 Å². The molecule has 0 aromatic heterocycles. The van der Waals surface area contributed by atoms with Gasteiger partial charge in [-0.2, -0.15) is 0 Å². The molecule has 56 valence electrons. The lowest BCUT2D eigenvalue weighted by molar-refractivity contribution is -0.118. The molecule has 0 radical (unpaired) electrons. The van der Waals surface area contributed by atoms with Crippen molar-refractivity contribution in [3.63, 3.8) is 0 Å². The molecule has 0 saturated heterocycles. The van der Waals surface area contributed by atoms with Gasteiger partial charge < -0.3 is 0 Å². The van der Waals surface area contributed by atoms with Crippen molar-refractivity contribution in [3.05, 3.63) is 34.7 Å². The van der Waals surface area contributed by atoms with Gasteiger partial charge in [-0.3, -0.25) is 4.79 Å². The lowest BCUT2D eigenvalue weighted by Gasteiger charge is -1.98. The first-order chi connectivity index (χ1) is 5.34. The molecule has 0 spiro atoms. The van der Waals surface area contributed by atoms with Crippen LogP contribution in [0, 0.1) is 5.92 Å². The van der Waals surface area contributed by atoms with Crippen LogP contribution in [0.1, 0.15) is 0 Å². The molecule has 0 fully saturated rings. The van der Waals surface area contributed by atoms with E-state index in [1.165, 1.54) is 0 Å². The Morgan fingerprint density at radius 2 is 2.18 bits per heavy atom. The molecule has 0 aliphatic heterocycles. The largest absolute Gasteiger partial charge is 0.299 e. The number of carbonyl (C=O) groups excluding carboxylic acids is 1. The second-order valence-corrected chi connectivity index (χ2v) is 2.15. The van der Waals surface area contributed by atoms with E-state index in [1.807, 2.05) is 0 Å². The second kappa shape index (κ2) is 3.58. The lowest BCUT2D eigenvalue weighted by Crippen LogP contribution is -2.10. The smallest absolute Gasteiger partial charge is 0.149 e. The quantitative estimate of drug-likeness (QED) is 0.341. The molecule has 11 heavy (non-hydrogen) atoms. The van der Waals surface area contributed by atoms with Gasteiger partial charge in [0.05, 0.1) is 12.5 Å². The third kappa shape index (κ3) is 1.95. The molecule has 1 rings (SSSR count). The third-order valence-corrected chi connectivity index (χ3v) is 1.41. The van der Waals surface area contributed by atoms with Gasteiger partial charge in [-0.15, -0.1) is 0 Å². The molecule has 0 aromatic rings. The molecule has 1 aliphatic rings. The van der Waals surface area contributed by atoms with E-state index in [1.54, 1.807) is 24.3 Å². The lowest BCUT2D eigenvalue weighted by atomic mass is 10.1. The third-order valence-electron chi connectivity index (χ3n) is 1.41. The van der Waals surface area contributed by atoms with E-state index < -0.39 is 0 Å². The van der Waals surface area contributed by atoms with Gasteiger partial charge in [0.25, 0.3) is 0 Å². The number of allylic oxidation sites excluding steroid dienone is 4. The number of rotatable bonds is 3. The van der Waals surface area contributed by atoms with Gasteiger partial charge in [0, 0.05) is 4.91 Å². The normalized spacial score (nSPS) is 14.9. The van der Waals surface area contributed by atoms with Crippen LogP contribution in [0.15, 0.2) is 29.4 Å². The fraction of sp³-hybridized carbons (Fsp3) is 0.286. The van der Waals surface area contributed by atoms with Crippen molar-refractivity contribution in [1.29, 1.82) is 0 Å². The maximum absolute atomic E-state index is 11.0. The maximum atomic E-state index is 11.0. The summed E-state index contributed by atoms with van der Waals surface area (Å²) in [5.41, 5.74) is 7.93. The minimum atomic E-state index is -0.180. The van der Waals surface area contributed by atoms with E-state index in [0.717, 1.165) is 0 Å². The number of azide groups is 1. The number of hydrogen-bond acceptors (Lipinski definition) is 2. The van der Waals surface area contributed by atoms with Gasteiger partial charge in [-0.05, 0) is 5.53 Å². The number of hydrogen-bond donors (Lipinski definition) is 0. The fourth-order valence-corrected chi connectivity index (χ4v) is 0.853. The Kier molecular flexibility index (Phi) is 2.47. The van der Waals surface area contributed by atoms with Crippen molar-refractivity contribution in [2.24, 2.45) is 11.0 Å². The van der Waals surface area contributed by atoms with E-state index in [2.05, 4.69) is 10.0 Å². The van der Waals surface area contributed by atoms with Gasteiger partial charge in [-0.25, -0.2) is 0 Å². The predicted molar refractivity (Wildman–Crippen MR) is 40.8 cm³/mol. The van der Waals surface area contributed by atoms with Crippen molar-refractivity contribution in [1.82, 2.24) is 0 Å². The summed E-state index contributed by atoms with van der Waals surface area (Å²) in [4.78, 5) is 13.5. The minimum Gasteiger partial charge on any atom is -0.299 e. The Balaban J connectivity index is 2.48. The summed E-state index contributed by atoms with van der Waals surface area (Å²) in [6.45, 7) is -0.0597. The van der Waals surface area contributed by atoms with Crippen LogP contribution < -0.4 is 0 Å². The molecule has 0 amide bonds. The molecule has 0 unspecified atom stereocenters. The van der Waals surface area contributed by atoms with Gasteiger partial charge in [0.15, 0.2) is 0 Å². The van der Waals surface area contributed by atoms with Gasteiger partial charge in [0.2, 0.25) is 0 Å². The fourth-order valence-electron chi connectivity index (χ4n) is 0.853. The Labute approximate surface area is 63.8 Å². The van der Waals surface area contributed by atoms with Crippen LogP contribution in [-0.2, 0) is 4.79 Å². The van der Waals surface area contributed by atoms with E-state index in [4.69, 9.17) is 5.53 Å². The zero-order valence-electron chi connectivity index (χ0n) is 5.84. The van der Waals surface area contributed by atoms with Crippen LogP contribution in [0.2, 0.25) is 0 Å². The Morgan fingerprint density at radius 1 is 1.55 bits per heavy atom. The molecule has 0 atom stereocenters. The molecule has 1 aliphatic carbocycles. The average molecular weight is 149 g/mol. The Bertz CT molecular complexity index is 249. The average Bonchev–Trinajstić information content (AvgIpc) is 2.52. The van der Waals surface area contributed by atoms with Crippen LogP contribution in [-0.4, -0.2) is 12.3 Å². The molecule has 0 bridgehead atoms. The molecule has 0 heterocycles. The molecule has 4 heteroatoms. The first-order valence-corrected chi connectivity index (χ1v) is 3.23. The zero-order chi connectivity index (χ0) is 8.10. The monoisotopic (exact) mass is 149 g/mol.